The third kappa shape index (κ3) is 7.24. The number of hydrogen-bond donors (Lipinski definition) is 0. The van der Waals surface area contributed by atoms with E-state index < -0.39 is 0 Å². The molecule has 2 aromatic rings. The summed E-state index contributed by atoms with van der Waals surface area (Å²) in [4.78, 5) is 21.4. The van der Waals surface area contributed by atoms with Gasteiger partial charge < -0.3 is 9.47 Å². The average Bonchev–Trinajstić information content (AvgIpc) is 2.55. The molecular formula is C18H20O4. The zero-order valence-corrected chi connectivity index (χ0v) is 12.8. The lowest BCUT2D eigenvalue weighted by Crippen LogP contribution is -2.03. The SMILES string of the molecule is CC(=O)OCc1ccccc1.CCOC(=O)c1ccccc1. The Balaban J connectivity index is 0.000000220. The molecule has 0 bridgehead atoms. The summed E-state index contributed by atoms with van der Waals surface area (Å²) in [7, 11) is 0. The first-order chi connectivity index (χ1) is 10.6. The summed E-state index contributed by atoms with van der Waals surface area (Å²) < 4.78 is 9.58. The van der Waals surface area contributed by atoms with Crippen LogP contribution in [0, 0.1) is 0 Å². The molecule has 0 spiro atoms. The Labute approximate surface area is 130 Å². The second-order valence-electron chi connectivity index (χ2n) is 4.35. The van der Waals surface area contributed by atoms with Gasteiger partial charge in [-0.1, -0.05) is 48.5 Å². The van der Waals surface area contributed by atoms with Gasteiger partial charge in [0.25, 0.3) is 0 Å². The molecule has 0 atom stereocenters. The van der Waals surface area contributed by atoms with Crippen molar-refractivity contribution in [2.45, 2.75) is 20.5 Å². The summed E-state index contributed by atoms with van der Waals surface area (Å²) in [5, 5.41) is 0. The van der Waals surface area contributed by atoms with E-state index in [0.717, 1.165) is 5.56 Å². The maximum absolute atomic E-state index is 11.0. The van der Waals surface area contributed by atoms with E-state index in [9.17, 15) is 9.59 Å². The predicted molar refractivity (Wildman–Crippen MR) is 84.3 cm³/mol. The highest BCUT2D eigenvalue weighted by Gasteiger charge is 2.02. The summed E-state index contributed by atoms with van der Waals surface area (Å²) >= 11 is 0. The van der Waals surface area contributed by atoms with E-state index in [1.165, 1.54) is 6.92 Å². The van der Waals surface area contributed by atoms with Crippen LogP contribution in [0.3, 0.4) is 0 Å². The zero-order chi connectivity index (χ0) is 16.2. The molecule has 0 aromatic heterocycles. The molecular weight excluding hydrogens is 280 g/mol. The first-order valence-corrected chi connectivity index (χ1v) is 7.03. The van der Waals surface area contributed by atoms with Gasteiger partial charge in [-0.2, -0.15) is 0 Å². The van der Waals surface area contributed by atoms with Gasteiger partial charge in [0.05, 0.1) is 12.2 Å². The zero-order valence-electron chi connectivity index (χ0n) is 12.8. The highest BCUT2D eigenvalue weighted by Crippen LogP contribution is 2.00. The van der Waals surface area contributed by atoms with Gasteiger partial charge in [-0.25, -0.2) is 4.79 Å². The van der Waals surface area contributed by atoms with Crippen molar-refractivity contribution < 1.29 is 19.1 Å². The van der Waals surface area contributed by atoms with Crippen LogP contribution >= 0.6 is 0 Å². The molecule has 4 heteroatoms. The number of carbonyl (C=O) groups is 2. The van der Waals surface area contributed by atoms with Gasteiger partial charge in [-0.3, -0.25) is 4.79 Å². The molecule has 0 aliphatic heterocycles. The molecule has 0 aliphatic rings. The first kappa shape index (κ1) is 17.4. The number of esters is 2. The van der Waals surface area contributed by atoms with E-state index in [1.54, 1.807) is 19.1 Å². The number of carbonyl (C=O) groups excluding carboxylic acids is 2. The summed E-state index contributed by atoms with van der Waals surface area (Å²) in [6.07, 6.45) is 0. The fraction of sp³-hybridized carbons (Fsp3) is 0.222. The first-order valence-electron chi connectivity index (χ1n) is 7.03. The maximum Gasteiger partial charge on any atom is 0.338 e. The van der Waals surface area contributed by atoms with Crippen molar-refractivity contribution in [2.75, 3.05) is 6.61 Å². The normalized spacial score (nSPS) is 9.18. The predicted octanol–water partition coefficient (Wildman–Crippen LogP) is 3.61. The number of hydrogen-bond acceptors (Lipinski definition) is 4. The second-order valence-corrected chi connectivity index (χ2v) is 4.35. The van der Waals surface area contributed by atoms with Crippen LogP contribution in [0.15, 0.2) is 60.7 Å². The van der Waals surface area contributed by atoms with Gasteiger partial charge in [0, 0.05) is 6.92 Å². The Hall–Kier alpha value is -2.62. The summed E-state index contributed by atoms with van der Waals surface area (Å²) in [6, 6.07) is 18.6. The van der Waals surface area contributed by atoms with Crippen LogP contribution in [0.1, 0.15) is 29.8 Å². The number of ether oxygens (including phenoxy) is 2. The lowest BCUT2D eigenvalue weighted by Gasteiger charge is -1.99. The topological polar surface area (TPSA) is 52.6 Å². The van der Waals surface area contributed by atoms with Crippen molar-refractivity contribution in [3.63, 3.8) is 0 Å². The molecule has 0 unspecified atom stereocenters. The molecule has 0 amide bonds. The molecule has 0 aliphatic carbocycles. The second kappa shape index (κ2) is 10.2. The van der Waals surface area contributed by atoms with Gasteiger partial charge in [-0.05, 0) is 24.6 Å². The lowest BCUT2D eigenvalue weighted by atomic mass is 10.2. The fourth-order valence-electron chi connectivity index (χ4n) is 1.55. The smallest absolute Gasteiger partial charge is 0.338 e. The van der Waals surface area contributed by atoms with Crippen LogP contribution in [-0.2, 0) is 20.9 Å². The van der Waals surface area contributed by atoms with Crippen molar-refractivity contribution in [1.82, 2.24) is 0 Å². The van der Waals surface area contributed by atoms with Gasteiger partial charge in [0.2, 0.25) is 0 Å². The Bertz CT molecular complexity index is 564. The Morgan fingerprint density at radius 2 is 1.41 bits per heavy atom. The Morgan fingerprint density at radius 1 is 0.864 bits per heavy atom. The molecule has 0 N–H and O–H groups in total. The van der Waals surface area contributed by atoms with Crippen molar-refractivity contribution in [3.05, 3.63) is 71.8 Å². The minimum atomic E-state index is -0.256. The van der Waals surface area contributed by atoms with Crippen LogP contribution in [0.4, 0.5) is 0 Å². The highest BCUT2D eigenvalue weighted by molar-refractivity contribution is 5.89. The highest BCUT2D eigenvalue weighted by atomic mass is 16.5. The van der Waals surface area contributed by atoms with E-state index in [-0.39, 0.29) is 11.9 Å². The lowest BCUT2D eigenvalue weighted by molar-refractivity contribution is -0.142. The molecule has 0 heterocycles. The standard InChI is InChI=1S/2C9H10O2/c1-8(10)11-7-9-5-3-2-4-6-9;1-2-11-9(10)8-6-4-3-5-7-8/h2-6H,7H2,1H3;3-7H,2H2,1H3. The minimum Gasteiger partial charge on any atom is -0.462 e. The van der Waals surface area contributed by atoms with Crippen molar-refractivity contribution in [2.24, 2.45) is 0 Å². The van der Waals surface area contributed by atoms with Gasteiger partial charge >= 0.3 is 11.9 Å². The third-order valence-corrected chi connectivity index (χ3v) is 2.57. The van der Waals surface area contributed by atoms with Gasteiger partial charge in [-0.15, -0.1) is 0 Å². The molecule has 4 nitrogen and oxygen atoms in total. The minimum absolute atomic E-state index is 0.242. The Kier molecular flexibility index (Phi) is 8.05. The van der Waals surface area contributed by atoms with Crippen molar-refractivity contribution in [3.8, 4) is 0 Å². The maximum atomic E-state index is 11.0. The third-order valence-electron chi connectivity index (χ3n) is 2.57. The van der Waals surface area contributed by atoms with Crippen molar-refractivity contribution in [1.29, 1.82) is 0 Å². The van der Waals surface area contributed by atoms with Crippen molar-refractivity contribution >= 4 is 11.9 Å². The van der Waals surface area contributed by atoms with E-state index in [2.05, 4.69) is 0 Å². The summed E-state index contributed by atoms with van der Waals surface area (Å²) in [5.74, 6) is -0.498. The monoisotopic (exact) mass is 300 g/mol. The summed E-state index contributed by atoms with van der Waals surface area (Å²) in [6.45, 7) is 3.99. The van der Waals surface area contributed by atoms with E-state index >= 15 is 0 Å². The van der Waals surface area contributed by atoms with Crippen LogP contribution in [0.2, 0.25) is 0 Å². The van der Waals surface area contributed by atoms with Gasteiger partial charge in [0.15, 0.2) is 0 Å². The molecule has 2 rings (SSSR count). The molecule has 0 radical (unpaired) electrons. The van der Waals surface area contributed by atoms with E-state index in [1.807, 2.05) is 48.5 Å². The molecule has 0 saturated carbocycles. The van der Waals surface area contributed by atoms with E-state index in [4.69, 9.17) is 9.47 Å². The molecule has 22 heavy (non-hydrogen) atoms. The number of rotatable bonds is 4. The van der Waals surface area contributed by atoms with Crippen LogP contribution in [0.5, 0.6) is 0 Å². The number of benzene rings is 2. The van der Waals surface area contributed by atoms with E-state index in [0.29, 0.717) is 18.8 Å². The largest absolute Gasteiger partial charge is 0.462 e. The molecule has 0 saturated heterocycles. The quantitative estimate of drug-likeness (QED) is 0.809. The molecule has 116 valence electrons. The van der Waals surface area contributed by atoms with Crippen LogP contribution < -0.4 is 0 Å². The Morgan fingerprint density at radius 3 is 1.91 bits per heavy atom. The van der Waals surface area contributed by atoms with Crippen LogP contribution in [-0.4, -0.2) is 18.5 Å². The van der Waals surface area contributed by atoms with Gasteiger partial charge in [0.1, 0.15) is 6.61 Å². The fourth-order valence-corrected chi connectivity index (χ4v) is 1.55. The molecule has 0 fully saturated rings. The van der Waals surface area contributed by atoms with Crippen LogP contribution in [0.25, 0.3) is 0 Å². The average molecular weight is 300 g/mol. The summed E-state index contributed by atoms with van der Waals surface area (Å²) in [5.41, 5.74) is 1.62. The molecule has 2 aromatic carbocycles.